The van der Waals surface area contributed by atoms with E-state index < -0.39 is 0 Å². The molecule has 0 aliphatic carbocycles. The van der Waals surface area contributed by atoms with Crippen LogP contribution in [0.2, 0.25) is 0 Å². The van der Waals surface area contributed by atoms with Crippen molar-refractivity contribution in [1.82, 2.24) is 19.8 Å². The summed E-state index contributed by atoms with van der Waals surface area (Å²) in [7, 11) is 3.57. The lowest BCUT2D eigenvalue weighted by Gasteiger charge is -2.39. The summed E-state index contributed by atoms with van der Waals surface area (Å²) in [4.78, 5) is 11.1. The second kappa shape index (κ2) is 11.3. The van der Waals surface area contributed by atoms with Gasteiger partial charge in [-0.25, -0.2) is 4.98 Å². The number of aliphatic imine (C=N–C) groups is 1. The molecule has 1 N–H and O–H groups in total. The third-order valence-corrected chi connectivity index (χ3v) is 5.42. The van der Waals surface area contributed by atoms with E-state index in [1.54, 1.807) is 7.11 Å². The Bertz CT molecular complexity index is 717. The monoisotopic (exact) mass is 497 g/mol. The van der Waals surface area contributed by atoms with Crippen molar-refractivity contribution in [3.8, 4) is 5.75 Å². The highest BCUT2D eigenvalue weighted by molar-refractivity contribution is 14.0. The van der Waals surface area contributed by atoms with Gasteiger partial charge >= 0.3 is 0 Å². The molecule has 0 radical (unpaired) electrons. The predicted octanol–water partition coefficient (Wildman–Crippen LogP) is 3.60. The summed E-state index contributed by atoms with van der Waals surface area (Å²) in [6, 6.07) is 8.75. The SMILES string of the molecule is CN=C(NCCCc1ccc(OC)cc1)N1CCC(C)C(n2ccnc2)C1.I. The summed E-state index contributed by atoms with van der Waals surface area (Å²) < 4.78 is 7.44. The molecule has 0 saturated carbocycles. The van der Waals surface area contributed by atoms with E-state index in [-0.39, 0.29) is 24.0 Å². The van der Waals surface area contributed by atoms with Crippen LogP contribution in [0.3, 0.4) is 0 Å². The molecule has 0 bridgehead atoms. The van der Waals surface area contributed by atoms with Crippen LogP contribution in [0.15, 0.2) is 48.0 Å². The Labute approximate surface area is 185 Å². The molecule has 1 saturated heterocycles. The van der Waals surface area contributed by atoms with Crippen molar-refractivity contribution in [1.29, 1.82) is 0 Å². The maximum atomic E-state index is 5.21. The number of piperidine rings is 1. The largest absolute Gasteiger partial charge is 0.497 e. The Hall–Kier alpha value is -1.77. The molecule has 0 spiro atoms. The van der Waals surface area contributed by atoms with Crippen molar-refractivity contribution in [2.45, 2.75) is 32.2 Å². The summed E-state index contributed by atoms with van der Waals surface area (Å²) in [5, 5.41) is 3.54. The summed E-state index contributed by atoms with van der Waals surface area (Å²) in [6.45, 7) is 5.26. The fourth-order valence-corrected chi connectivity index (χ4v) is 3.71. The molecular weight excluding hydrogens is 465 g/mol. The highest BCUT2D eigenvalue weighted by Gasteiger charge is 2.28. The van der Waals surface area contributed by atoms with Gasteiger partial charge in [-0.05, 0) is 42.9 Å². The number of aromatic nitrogens is 2. The lowest BCUT2D eigenvalue weighted by molar-refractivity contribution is 0.189. The van der Waals surface area contributed by atoms with Crippen molar-refractivity contribution in [3.63, 3.8) is 0 Å². The zero-order chi connectivity index (χ0) is 19.1. The highest BCUT2D eigenvalue weighted by Crippen LogP contribution is 2.27. The summed E-state index contributed by atoms with van der Waals surface area (Å²) in [5.74, 6) is 2.55. The Balaban J connectivity index is 0.00000280. The van der Waals surface area contributed by atoms with Gasteiger partial charge in [-0.3, -0.25) is 4.99 Å². The Morgan fingerprint density at radius 1 is 1.32 bits per heavy atom. The molecule has 2 unspecified atom stereocenters. The minimum absolute atomic E-state index is 0. The Morgan fingerprint density at radius 2 is 2.11 bits per heavy atom. The molecule has 6 nitrogen and oxygen atoms in total. The average Bonchev–Trinajstić information content (AvgIpc) is 3.24. The second-order valence-corrected chi connectivity index (χ2v) is 7.21. The van der Waals surface area contributed by atoms with Crippen molar-refractivity contribution in [2.24, 2.45) is 10.9 Å². The van der Waals surface area contributed by atoms with Gasteiger partial charge in [0.1, 0.15) is 5.75 Å². The van der Waals surface area contributed by atoms with Crippen molar-refractivity contribution < 1.29 is 4.74 Å². The van der Waals surface area contributed by atoms with Crippen molar-refractivity contribution in [3.05, 3.63) is 48.5 Å². The van der Waals surface area contributed by atoms with Gasteiger partial charge in [-0.15, -0.1) is 24.0 Å². The molecule has 3 rings (SSSR count). The van der Waals surface area contributed by atoms with Crippen LogP contribution in [0, 0.1) is 5.92 Å². The van der Waals surface area contributed by atoms with Gasteiger partial charge in [0.05, 0.1) is 19.5 Å². The smallest absolute Gasteiger partial charge is 0.193 e. The zero-order valence-corrected chi connectivity index (χ0v) is 19.4. The van der Waals surface area contributed by atoms with Gasteiger partial charge in [0.2, 0.25) is 0 Å². The number of methoxy groups -OCH3 is 1. The molecule has 2 atom stereocenters. The number of nitrogens with zero attached hydrogens (tertiary/aromatic N) is 4. The average molecular weight is 497 g/mol. The molecule has 154 valence electrons. The second-order valence-electron chi connectivity index (χ2n) is 7.21. The number of hydrogen-bond donors (Lipinski definition) is 1. The third kappa shape index (κ3) is 5.86. The lowest BCUT2D eigenvalue weighted by Crippen LogP contribution is -2.49. The van der Waals surface area contributed by atoms with Gasteiger partial charge in [-0.2, -0.15) is 0 Å². The van der Waals surface area contributed by atoms with Crippen molar-refractivity contribution >= 4 is 29.9 Å². The van der Waals surface area contributed by atoms with Crippen LogP contribution in [0.5, 0.6) is 5.75 Å². The van der Waals surface area contributed by atoms with E-state index in [1.807, 2.05) is 31.7 Å². The highest BCUT2D eigenvalue weighted by atomic mass is 127. The zero-order valence-electron chi connectivity index (χ0n) is 17.0. The molecule has 1 aliphatic rings. The Morgan fingerprint density at radius 3 is 2.75 bits per heavy atom. The van der Waals surface area contributed by atoms with Crippen LogP contribution >= 0.6 is 24.0 Å². The van der Waals surface area contributed by atoms with Gasteiger partial charge in [0.25, 0.3) is 0 Å². The van der Waals surface area contributed by atoms with E-state index in [9.17, 15) is 0 Å². The van der Waals surface area contributed by atoms with Crippen LogP contribution < -0.4 is 10.1 Å². The molecule has 7 heteroatoms. The molecule has 2 aromatic rings. The molecule has 0 amide bonds. The van der Waals surface area contributed by atoms with Crippen LogP contribution in [-0.4, -0.2) is 54.2 Å². The standard InChI is InChI=1S/C21H31N5O.HI/c1-17-10-13-25(15-20(17)26-14-12-23-16-26)21(22-2)24-11-4-5-18-6-8-19(27-3)9-7-18;/h6-9,12,14,16-17,20H,4-5,10-11,13,15H2,1-3H3,(H,22,24);1H. The molecular formula is C21H32IN5O. The summed E-state index contributed by atoms with van der Waals surface area (Å²) in [6.07, 6.45) is 9.13. The number of nitrogens with one attached hydrogen (secondary N) is 1. The first-order chi connectivity index (χ1) is 13.2. The van der Waals surface area contributed by atoms with Crippen LogP contribution in [0.4, 0.5) is 0 Å². The first kappa shape index (κ1) is 22.5. The van der Waals surface area contributed by atoms with Gasteiger partial charge in [-0.1, -0.05) is 19.1 Å². The maximum Gasteiger partial charge on any atom is 0.193 e. The molecule has 1 aromatic carbocycles. The number of ether oxygens (including phenoxy) is 1. The first-order valence-electron chi connectivity index (χ1n) is 9.77. The number of imidazole rings is 1. The van der Waals surface area contributed by atoms with Crippen molar-refractivity contribution in [2.75, 3.05) is 33.8 Å². The first-order valence-corrected chi connectivity index (χ1v) is 9.77. The predicted molar refractivity (Wildman–Crippen MR) is 125 cm³/mol. The fraction of sp³-hybridized carbons (Fsp3) is 0.524. The van der Waals surface area contributed by atoms with E-state index >= 15 is 0 Å². The molecule has 1 aliphatic heterocycles. The lowest BCUT2D eigenvalue weighted by atomic mass is 9.93. The van der Waals surface area contributed by atoms with E-state index in [2.05, 4.69) is 50.0 Å². The van der Waals surface area contributed by atoms with Crippen LogP contribution in [0.1, 0.15) is 31.4 Å². The van der Waals surface area contributed by atoms with E-state index in [4.69, 9.17) is 4.74 Å². The third-order valence-electron chi connectivity index (χ3n) is 5.42. The van der Waals surface area contributed by atoms with Gasteiger partial charge in [0.15, 0.2) is 5.96 Å². The molecule has 1 aromatic heterocycles. The molecule has 1 fully saturated rings. The van der Waals surface area contributed by atoms with Gasteiger partial charge in [0, 0.05) is 39.1 Å². The number of hydrogen-bond acceptors (Lipinski definition) is 3. The number of guanidine groups is 1. The fourth-order valence-electron chi connectivity index (χ4n) is 3.71. The topological polar surface area (TPSA) is 54.7 Å². The molecule has 28 heavy (non-hydrogen) atoms. The molecule has 2 heterocycles. The number of rotatable bonds is 6. The van der Waals surface area contributed by atoms with E-state index in [0.29, 0.717) is 12.0 Å². The number of likely N-dealkylation sites (tertiary alicyclic amines) is 1. The van der Waals surface area contributed by atoms with Crippen LogP contribution in [0.25, 0.3) is 0 Å². The van der Waals surface area contributed by atoms with Crippen LogP contribution in [-0.2, 0) is 6.42 Å². The Kier molecular flexibility index (Phi) is 9.08. The quantitative estimate of drug-likeness (QED) is 0.287. The van der Waals surface area contributed by atoms with E-state index in [1.165, 1.54) is 5.56 Å². The number of halogens is 1. The van der Waals surface area contributed by atoms with Gasteiger partial charge < -0.3 is 19.5 Å². The minimum Gasteiger partial charge on any atom is -0.497 e. The maximum absolute atomic E-state index is 5.21. The minimum atomic E-state index is 0. The number of aryl methyl sites for hydroxylation is 1. The summed E-state index contributed by atoms with van der Waals surface area (Å²) in [5.41, 5.74) is 1.33. The number of benzene rings is 1. The normalized spacial score (nSPS) is 19.8. The van der Waals surface area contributed by atoms with E-state index in [0.717, 1.165) is 50.6 Å². The summed E-state index contributed by atoms with van der Waals surface area (Å²) >= 11 is 0.